The predicted molar refractivity (Wildman–Crippen MR) is 40.8 cm³/mol. The highest BCUT2D eigenvalue weighted by Crippen LogP contribution is 2.28. The van der Waals surface area contributed by atoms with Crippen LogP contribution in [0.25, 0.3) is 0 Å². The van der Waals surface area contributed by atoms with E-state index in [1.54, 1.807) is 0 Å². The van der Waals surface area contributed by atoms with Gasteiger partial charge in [0.15, 0.2) is 0 Å². The lowest BCUT2D eigenvalue weighted by molar-refractivity contribution is 0.596. The van der Waals surface area contributed by atoms with E-state index in [9.17, 15) is 0 Å². The maximum Gasteiger partial charge on any atom is 0.0511 e. The largest absolute Gasteiger partial charge is 0.350 e. The summed E-state index contributed by atoms with van der Waals surface area (Å²) in [5, 5.41) is 0. The monoisotopic (exact) mass is 139 g/mol. The van der Waals surface area contributed by atoms with Crippen LogP contribution in [-0.4, -0.2) is 16.1 Å². The van der Waals surface area contributed by atoms with Crippen LogP contribution in [-0.2, 0) is 0 Å². The molecule has 1 saturated heterocycles. The second-order valence-corrected chi connectivity index (χ2v) is 3.40. The Balaban J connectivity index is 2.14. The maximum atomic E-state index is 2.29. The van der Waals surface area contributed by atoms with Crippen molar-refractivity contribution in [3.05, 3.63) is 24.5 Å². The van der Waals surface area contributed by atoms with Crippen LogP contribution in [0, 0.1) is 0 Å². The third-order valence-electron chi connectivity index (χ3n) is 1.67. The van der Waals surface area contributed by atoms with E-state index in [0.717, 1.165) is 6.04 Å². The molecular weight excluding hydrogens is 130 g/mol. The van der Waals surface area contributed by atoms with Crippen LogP contribution in [0.4, 0.5) is 0 Å². The van der Waals surface area contributed by atoms with Gasteiger partial charge in [0.1, 0.15) is 0 Å². The lowest BCUT2D eigenvalue weighted by atomic mass is 10.4. The number of nitrogens with zero attached hydrogens (tertiary/aromatic N) is 1. The van der Waals surface area contributed by atoms with Gasteiger partial charge in [0.05, 0.1) is 6.04 Å². The smallest absolute Gasteiger partial charge is 0.0511 e. The Labute approximate surface area is 59.1 Å². The van der Waals surface area contributed by atoms with Crippen LogP contribution in [0.5, 0.6) is 0 Å². The maximum absolute atomic E-state index is 2.29. The molecule has 0 bridgehead atoms. The minimum Gasteiger partial charge on any atom is -0.350 e. The first-order valence-electron chi connectivity index (χ1n) is 3.17. The van der Waals surface area contributed by atoms with E-state index in [0.29, 0.717) is 0 Å². The fraction of sp³-hybridized carbons (Fsp3) is 0.429. The highest BCUT2D eigenvalue weighted by Gasteiger charge is 2.17. The van der Waals surface area contributed by atoms with Crippen molar-refractivity contribution in [1.29, 1.82) is 0 Å². The molecule has 2 heteroatoms. The van der Waals surface area contributed by atoms with Gasteiger partial charge in [-0.05, 0) is 12.1 Å². The third-order valence-corrected chi connectivity index (χ3v) is 2.91. The Morgan fingerprint density at radius 2 is 1.89 bits per heavy atom. The highest BCUT2D eigenvalue weighted by molar-refractivity contribution is 8.00. The predicted octanol–water partition coefficient (Wildman–Crippen LogP) is 1.78. The highest BCUT2D eigenvalue weighted by atomic mass is 32.2. The summed E-state index contributed by atoms with van der Waals surface area (Å²) in [7, 11) is 0. The molecule has 1 aliphatic heterocycles. The van der Waals surface area contributed by atoms with E-state index < -0.39 is 0 Å². The average molecular weight is 139 g/mol. The Bertz CT molecular complexity index is 177. The first-order valence-corrected chi connectivity index (χ1v) is 4.32. The van der Waals surface area contributed by atoms with Crippen molar-refractivity contribution >= 4 is 11.8 Å². The molecule has 48 valence electrons. The van der Waals surface area contributed by atoms with Crippen molar-refractivity contribution < 1.29 is 0 Å². The molecule has 2 heterocycles. The number of aromatic nitrogens is 1. The third kappa shape index (κ3) is 0.874. The van der Waals surface area contributed by atoms with E-state index in [4.69, 9.17) is 0 Å². The van der Waals surface area contributed by atoms with Gasteiger partial charge in [0, 0.05) is 23.9 Å². The summed E-state index contributed by atoms with van der Waals surface area (Å²) in [5.41, 5.74) is 0. The van der Waals surface area contributed by atoms with Crippen molar-refractivity contribution in [3.8, 4) is 0 Å². The van der Waals surface area contributed by atoms with Gasteiger partial charge in [0.2, 0.25) is 0 Å². The summed E-state index contributed by atoms with van der Waals surface area (Å²) < 4.78 is 2.29. The van der Waals surface area contributed by atoms with Crippen LogP contribution in [0.15, 0.2) is 24.5 Å². The second-order valence-electron chi connectivity index (χ2n) is 2.32. The molecule has 0 N–H and O–H groups in total. The second kappa shape index (κ2) is 2.10. The van der Waals surface area contributed by atoms with E-state index in [-0.39, 0.29) is 0 Å². The zero-order chi connectivity index (χ0) is 6.10. The van der Waals surface area contributed by atoms with Gasteiger partial charge >= 0.3 is 0 Å². The lowest BCUT2D eigenvalue weighted by Gasteiger charge is -2.26. The molecule has 0 aliphatic carbocycles. The molecule has 0 amide bonds. The lowest BCUT2D eigenvalue weighted by Crippen LogP contribution is -2.21. The van der Waals surface area contributed by atoms with Crippen molar-refractivity contribution in [3.63, 3.8) is 0 Å². The molecule has 1 aliphatic rings. The van der Waals surface area contributed by atoms with Gasteiger partial charge in [-0.3, -0.25) is 0 Å². The molecule has 1 nitrogen and oxygen atoms in total. The summed E-state index contributed by atoms with van der Waals surface area (Å²) >= 11 is 2.02. The first kappa shape index (κ1) is 5.42. The Hall–Kier alpha value is -0.370. The molecule has 0 atom stereocenters. The number of hydrogen-bond acceptors (Lipinski definition) is 1. The standard InChI is InChI=1S/C7H9NS/c1-2-4-8(3-1)7-5-9-6-7/h1-4,7H,5-6H2. The number of thioether (sulfide) groups is 1. The first-order chi connectivity index (χ1) is 4.47. The van der Waals surface area contributed by atoms with E-state index >= 15 is 0 Å². The Morgan fingerprint density at radius 3 is 2.33 bits per heavy atom. The minimum absolute atomic E-state index is 0.796. The molecule has 1 aromatic rings. The van der Waals surface area contributed by atoms with Gasteiger partial charge in [-0.25, -0.2) is 0 Å². The zero-order valence-electron chi connectivity index (χ0n) is 5.16. The van der Waals surface area contributed by atoms with Crippen LogP contribution < -0.4 is 0 Å². The van der Waals surface area contributed by atoms with Crippen LogP contribution in [0.2, 0.25) is 0 Å². The van der Waals surface area contributed by atoms with E-state index in [1.165, 1.54) is 11.5 Å². The minimum atomic E-state index is 0.796. The number of rotatable bonds is 1. The quantitative estimate of drug-likeness (QED) is 0.574. The van der Waals surface area contributed by atoms with Crippen molar-refractivity contribution in [2.24, 2.45) is 0 Å². The van der Waals surface area contributed by atoms with Gasteiger partial charge < -0.3 is 4.57 Å². The molecule has 0 unspecified atom stereocenters. The van der Waals surface area contributed by atoms with Gasteiger partial charge in [-0.15, -0.1) is 0 Å². The van der Waals surface area contributed by atoms with Crippen LogP contribution >= 0.6 is 11.8 Å². The normalized spacial score (nSPS) is 19.6. The summed E-state index contributed by atoms with van der Waals surface area (Å²) in [5.74, 6) is 2.60. The fourth-order valence-electron chi connectivity index (χ4n) is 0.987. The van der Waals surface area contributed by atoms with Gasteiger partial charge in [-0.2, -0.15) is 11.8 Å². The summed E-state index contributed by atoms with van der Waals surface area (Å²) in [6.45, 7) is 0. The molecular formula is C7H9NS. The molecule has 0 saturated carbocycles. The average Bonchev–Trinajstić information content (AvgIpc) is 2.11. The summed E-state index contributed by atoms with van der Waals surface area (Å²) in [6, 6.07) is 4.97. The Kier molecular flexibility index (Phi) is 1.27. The fourth-order valence-corrected chi connectivity index (χ4v) is 1.78. The summed E-state index contributed by atoms with van der Waals surface area (Å²) in [6.07, 6.45) is 4.29. The van der Waals surface area contributed by atoms with E-state index in [1.807, 2.05) is 11.8 Å². The SMILES string of the molecule is c1ccn(C2CSC2)c1. The van der Waals surface area contributed by atoms with Crippen molar-refractivity contribution in [2.45, 2.75) is 6.04 Å². The topological polar surface area (TPSA) is 4.93 Å². The zero-order valence-corrected chi connectivity index (χ0v) is 5.97. The summed E-state index contributed by atoms with van der Waals surface area (Å²) in [4.78, 5) is 0. The molecule has 9 heavy (non-hydrogen) atoms. The van der Waals surface area contributed by atoms with Gasteiger partial charge in [0.25, 0.3) is 0 Å². The van der Waals surface area contributed by atoms with Crippen LogP contribution in [0.1, 0.15) is 6.04 Å². The van der Waals surface area contributed by atoms with Crippen molar-refractivity contribution in [1.82, 2.24) is 4.57 Å². The van der Waals surface area contributed by atoms with Gasteiger partial charge in [-0.1, -0.05) is 0 Å². The Morgan fingerprint density at radius 1 is 1.22 bits per heavy atom. The van der Waals surface area contributed by atoms with E-state index in [2.05, 4.69) is 29.1 Å². The molecule has 0 radical (unpaired) electrons. The molecule has 1 fully saturated rings. The number of hydrogen-bond donors (Lipinski definition) is 0. The van der Waals surface area contributed by atoms with Crippen LogP contribution in [0.3, 0.4) is 0 Å². The van der Waals surface area contributed by atoms with Crippen molar-refractivity contribution in [2.75, 3.05) is 11.5 Å². The molecule has 0 aromatic carbocycles. The molecule has 2 rings (SSSR count). The molecule has 1 aromatic heterocycles. The molecule has 0 spiro atoms.